The Morgan fingerprint density at radius 1 is 1.10 bits per heavy atom. The molecule has 4 aliphatic rings. The van der Waals surface area contributed by atoms with Gasteiger partial charge in [0.1, 0.15) is 11.5 Å². The standard InChI is InChI=1S/C22H30N2O4.CH2O2/c1-13-20(21-17(25)5-4-6-19(21)28-13)22(27)24-11-14-9-16(23-7-2-3-8-23)18(26)10-15(14)12-24;2-1-3/h14-16,18,26H,2-12H2,1H3;1H,(H,2,3)/t14-,15+,16-,18-;/m1./s1. The second-order valence-corrected chi connectivity index (χ2v) is 9.29. The molecule has 0 aromatic carbocycles. The summed E-state index contributed by atoms with van der Waals surface area (Å²) in [4.78, 5) is 38.5. The average Bonchev–Trinajstić information content (AvgIpc) is 3.45. The summed E-state index contributed by atoms with van der Waals surface area (Å²) in [7, 11) is 0. The van der Waals surface area contributed by atoms with Gasteiger partial charge in [-0.05, 0) is 64.0 Å². The second-order valence-electron chi connectivity index (χ2n) is 9.29. The third kappa shape index (κ3) is 4.15. The minimum atomic E-state index is -0.292. The van der Waals surface area contributed by atoms with Crippen LogP contribution in [0.25, 0.3) is 0 Å². The van der Waals surface area contributed by atoms with Gasteiger partial charge in [0.05, 0.1) is 17.2 Å². The number of rotatable bonds is 2. The van der Waals surface area contributed by atoms with Gasteiger partial charge in [-0.25, -0.2) is 0 Å². The molecule has 170 valence electrons. The first-order valence-electron chi connectivity index (χ1n) is 11.4. The molecular formula is C23H32N2O6. The number of carboxylic acid groups (broad SMARTS) is 1. The van der Waals surface area contributed by atoms with Crippen molar-refractivity contribution in [1.82, 2.24) is 9.80 Å². The Morgan fingerprint density at radius 2 is 1.74 bits per heavy atom. The lowest BCUT2D eigenvalue weighted by molar-refractivity contribution is -0.122. The fourth-order valence-electron chi connectivity index (χ4n) is 6.06. The molecule has 1 aromatic rings. The number of ketones is 1. The number of aliphatic hydroxyl groups is 1. The van der Waals surface area contributed by atoms with E-state index >= 15 is 0 Å². The Morgan fingerprint density at radius 3 is 2.42 bits per heavy atom. The van der Waals surface area contributed by atoms with Gasteiger partial charge in [0, 0.05) is 32.0 Å². The fourth-order valence-corrected chi connectivity index (χ4v) is 6.06. The van der Waals surface area contributed by atoms with Crippen LogP contribution in [-0.2, 0) is 11.2 Å². The van der Waals surface area contributed by atoms with Crippen LogP contribution in [0, 0.1) is 18.8 Å². The van der Waals surface area contributed by atoms with E-state index in [2.05, 4.69) is 4.90 Å². The van der Waals surface area contributed by atoms with Crippen molar-refractivity contribution in [2.45, 2.75) is 64.0 Å². The molecule has 5 rings (SSSR count). The lowest BCUT2D eigenvalue weighted by Gasteiger charge is -2.40. The highest BCUT2D eigenvalue weighted by Crippen LogP contribution is 2.40. The Balaban J connectivity index is 0.000000730. The maximum absolute atomic E-state index is 13.3. The van der Waals surface area contributed by atoms with Gasteiger partial charge in [-0.3, -0.25) is 19.3 Å². The lowest BCUT2D eigenvalue weighted by Crippen LogP contribution is -2.48. The fraction of sp³-hybridized carbons (Fsp3) is 0.696. The van der Waals surface area contributed by atoms with Crippen LogP contribution in [0.15, 0.2) is 4.42 Å². The number of Topliss-reactive ketones (excluding diaryl/α,β-unsaturated/α-hetero) is 1. The molecule has 3 heterocycles. The molecule has 1 aromatic heterocycles. The molecule has 31 heavy (non-hydrogen) atoms. The maximum atomic E-state index is 13.3. The van der Waals surface area contributed by atoms with Crippen LogP contribution in [-0.4, -0.2) is 76.5 Å². The Bertz CT molecular complexity index is 843. The molecule has 8 nitrogen and oxygen atoms in total. The van der Waals surface area contributed by atoms with Gasteiger partial charge in [-0.1, -0.05) is 0 Å². The highest BCUT2D eigenvalue weighted by Gasteiger charge is 2.46. The zero-order chi connectivity index (χ0) is 22.1. The van der Waals surface area contributed by atoms with Crippen LogP contribution in [0.4, 0.5) is 0 Å². The summed E-state index contributed by atoms with van der Waals surface area (Å²) in [6.45, 7) is 5.14. The molecule has 1 saturated carbocycles. The molecule has 1 amide bonds. The number of hydrogen-bond acceptors (Lipinski definition) is 6. The minimum absolute atomic E-state index is 0.0441. The van der Waals surface area contributed by atoms with E-state index in [1.54, 1.807) is 6.92 Å². The summed E-state index contributed by atoms with van der Waals surface area (Å²) >= 11 is 0. The van der Waals surface area contributed by atoms with Crippen LogP contribution in [0.3, 0.4) is 0 Å². The molecule has 2 saturated heterocycles. The largest absolute Gasteiger partial charge is 0.483 e. The first kappa shape index (κ1) is 22.0. The molecule has 0 spiro atoms. The van der Waals surface area contributed by atoms with Crippen molar-refractivity contribution in [1.29, 1.82) is 0 Å². The number of hydrogen-bond donors (Lipinski definition) is 2. The van der Waals surface area contributed by atoms with Gasteiger partial charge in [0.15, 0.2) is 5.78 Å². The highest BCUT2D eigenvalue weighted by atomic mass is 16.3. The van der Waals surface area contributed by atoms with E-state index in [-0.39, 0.29) is 30.3 Å². The van der Waals surface area contributed by atoms with Crippen molar-refractivity contribution in [2.75, 3.05) is 26.2 Å². The van der Waals surface area contributed by atoms with Crippen molar-refractivity contribution in [3.8, 4) is 0 Å². The average molecular weight is 433 g/mol. The van der Waals surface area contributed by atoms with E-state index in [0.29, 0.717) is 47.4 Å². The van der Waals surface area contributed by atoms with E-state index < -0.39 is 0 Å². The Hall–Kier alpha value is -2.19. The second kappa shape index (κ2) is 9.12. The number of aliphatic hydroxyl groups excluding tert-OH is 1. The van der Waals surface area contributed by atoms with E-state index in [4.69, 9.17) is 14.3 Å². The lowest BCUT2D eigenvalue weighted by atomic mass is 9.77. The Labute approximate surface area is 182 Å². The third-order valence-electron chi connectivity index (χ3n) is 7.46. The molecular weight excluding hydrogens is 400 g/mol. The summed E-state index contributed by atoms with van der Waals surface area (Å²) < 4.78 is 5.79. The number of furan rings is 1. The van der Waals surface area contributed by atoms with E-state index in [9.17, 15) is 14.7 Å². The van der Waals surface area contributed by atoms with Crippen LogP contribution < -0.4 is 0 Å². The zero-order valence-corrected chi connectivity index (χ0v) is 18.1. The third-order valence-corrected chi connectivity index (χ3v) is 7.46. The Kier molecular flexibility index (Phi) is 6.48. The van der Waals surface area contributed by atoms with Gasteiger partial charge in [-0.15, -0.1) is 0 Å². The van der Waals surface area contributed by atoms with Crippen LogP contribution in [0.5, 0.6) is 0 Å². The van der Waals surface area contributed by atoms with Gasteiger partial charge in [0.25, 0.3) is 12.4 Å². The van der Waals surface area contributed by atoms with Crippen LogP contribution >= 0.6 is 0 Å². The normalized spacial score (nSPS) is 30.4. The van der Waals surface area contributed by atoms with Gasteiger partial charge in [0.2, 0.25) is 0 Å². The van der Waals surface area contributed by atoms with Crippen molar-refractivity contribution in [3.63, 3.8) is 0 Å². The molecule has 2 N–H and O–H groups in total. The SMILES string of the molecule is Cc1oc2c(c1C(=O)N1C[C@H]3C[C@@H](N4CCCC4)[C@H](O)C[C@H]3C1)C(=O)CCC2.O=CO. The number of likely N-dealkylation sites (tertiary alicyclic amines) is 2. The minimum Gasteiger partial charge on any atom is -0.483 e. The molecule has 8 heteroatoms. The number of fused-ring (bicyclic) bond motifs is 2. The zero-order valence-electron chi connectivity index (χ0n) is 18.1. The quantitative estimate of drug-likeness (QED) is 0.689. The predicted octanol–water partition coefficient (Wildman–Crippen LogP) is 2.12. The summed E-state index contributed by atoms with van der Waals surface area (Å²) in [6.07, 6.45) is 5.94. The van der Waals surface area contributed by atoms with E-state index in [0.717, 1.165) is 45.3 Å². The summed E-state index contributed by atoms with van der Waals surface area (Å²) in [5, 5.41) is 17.6. The molecule has 0 bridgehead atoms. The van der Waals surface area contributed by atoms with E-state index in [1.165, 1.54) is 12.8 Å². The number of carbonyl (C=O) groups is 3. The number of amides is 1. The van der Waals surface area contributed by atoms with Crippen molar-refractivity contribution in [2.24, 2.45) is 11.8 Å². The molecule has 0 radical (unpaired) electrons. The van der Waals surface area contributed by atoms with Crippen molar-refractivity contribution >= 4 is 18.2 Å². The molecule has 3 fully saturated rings. The number of nitrogens with zero attached hydrogens (tertiary/aromatic N) is 2. The molecule has 2 aliphatic heterocycles. The summed E-state index contributed by atoms with van der Waals surface area (Å²) in [6, 6.07) is 0.240. The monoisotopic (exact) mass is 432 g/mol. The summed E-state index contributed by atoms with van der Waals surface area (Å²) in [5.74, 6) is 2.06. The topological polar surface area (TPSA) is 111 Å². The molecule has 0 unspecified atom stereocenters. The van der Waals surface area contributed by atoms with Gasteiger partial charge >= 0.3 is 0 Å². The maximum Gasteiger partial charge on any atom is 0.290 e. The van der Waals surface area contributed by atoms with Crippen molar-refractivity contribution in [3.05, 3.63) is 22.6 Å². The first-order valence-corrected chi connectivity index (χ1v) is 11.4. The van der Waals surface area contributed by atoms with Gasteiger partial charge in [-0.2, -0.15) is 0 Å². The molecule has 2 aliphatic carbocycles. The molecule has 4 atom stereocenters. The van der Waals surface area contributed by atoms with Crippen molar-refractivity contribution < 1.29 is 29.0 Å². The number of carbonyl (C=O) groups excluding carboxylic acids is 2. The van der Waals surface area contributed by atoms with Gasteiger partial charge < -0.3 is 19.5 Å². The first-order chi connectivity index (χ1) is 14.9. The van der Waals surface area contributed by atoms with Crippen LogP contribution in [0.1, 0.15) is 70.8 Å². The predicted molar refractivity (Wildman–Crippen MR) is 112 cm³/mol. The summed E-state index contributed by atoms with van der Waals surface area (Å²) in [5.41, 5.74) is 1.04. The van der Waals surface area contributed by atoms with E-state index in [1.807, 2.05) is 4.90 Å². The number of aryl methyl sites for hydroxylation is 2. The smallest absolute Gasteiger partial charge is 0.290 e. The highest BCUT2D eigenvalue weighted by molar-refractivity contribution is 6.10. The van der Waals surface area contributed by atoms with Crippen LogP contribution in [0.2, 0.25) is 0 Å².